The Kier molecular flexibility index (Phi) is 5.22. The van der Waals surface area contributed by atoms with Crippen molar-refractivity contribution in [3.63, 3.8) is 0 Å². The van der Waals surface area contributed by atoms with Crippen LogP contribution in [0.5, 0.6) is 11.5 Å². The van der Waals surface area contributed by atoms with Crippen LogP contribution in [0.1, 0.15) is 5.56 Å². The summed E-state index contributed by atoms with van der Waals surface area (Å²) in [4.78, 5) is 29.3. The summed E-state index contributed by atoms with van der Waals surface area (Å²) < 4.78 is 10.4. The maximum Gasteiger partial charge on any atom is 0.340 e. The first-order chi connectivity index (χ1) is 14.6. The summed E-state index contributed by atoms with van der Waals surface area (Å²) in [5.74, 6) is 0.909. The molecule has 1 fully saturated rings. The molecule has 1 aliphatic rings. The van der Waals surface area contributed by atoms with Gasteiger partial charge in [-0.3, -0.25) is 9.69 Å². The van der Waals surface area contributed by atoms with Gasteiger partial charge < -0.3 is 9.47 Å². The second kappa shape index (κ2) is 8.13. The Labute approximate surface area is 174 Å². The van der Waals surface area contributed by atoms with E-state index in [0.29, 0.717) is 22.9 Å². The molecule has 30 heavy (non-hydrogen) atoms. The summed E-state index contributed by atoms with van der Waals surface area (Å²) in [6.45, 7) is 0. The number of carbonyl (C=O) groups excluding carboxylic acids is 2. The Hall–Kier alpha value is -4.06. The minimum absolute atomic E-state index is 0.271. The summed E-state index contributed by atoms with van der Waals surface area (Å²) in [5, 5.41) is 0. The molecule has 3 aromatic carbocycles. The maximum absolute atomic E-state index is 13.4. The van der Waals surface area contributed by atoms with Crippen molar-refractivity contribution in [1.29, 1.82) is 0 Å². The molecule has 4 rings (SSSR count). The monoisotopic (exact) mass is 400 g/mol. The molecule has 0 spiro atoms. The number of imide groups is 1. The molecule has 1 saturated heterocycles. The highest BCUT2D eigenvalue weighted by molar-refractivity contribution is 6.35. The Bertz CT molecular complexity index is 1090. The van der Waals surface area contributed by atoms with E-state index in [-0.39, 0.29) is 5.70 Å². The van der Waals surface area contributed by atoms with E-state index in [2.05, 4.69) is 0 Å². The summed E-state index contributed by atoms with van der Waals surface area (Å²) in [6.07, 6.45) is 1.72. The molecule has 6 nitrogen and oxygen atoms in total. The Balaban J connectivity index is 1.80. The molecule has 1 aliphatic heterocycles. The SMILES string of the molecule is COc1ccc(N2C(=O)/C(=C/c3ccccc3)N(c3ccc(OC)cc3)C2=O)cc1. The Morgan fingerprint density at radius 1 is 0.667 bits per heavy atom. The molecular formula is C24H20N2O4. The fourth-order valence-corrected chi connectivity index (χ4v) is 3.27. The second-order valence-electron chi connectivity index (χ2n) is 6.59. The van der Waals surface area contributed by atoms with E-state index in [1.807, 2.05) is 30.3 Å². The minimum Gasteiger partial charge on any atom is -0.497 e. The van der Waals surface area contributed by atoms with Crippen LogP contribution in [0.25, 0.3) is 6.08 Å². The molecule has 3 amide bonds. The number of amides is 3. The highest BCUT2D eigenvalue weighted by Gasteiger charge is 2.42. The molecule has 0 saturated carbocycles. The van der Waals surface area contributed by atoms with Crippen LogP contribution in [0.4, 0.5) is 16.2 Å². The van der Waals surface area contributed by atoms with E-state index < -0.39 is 11.9 Å². The molecule has 150 valence electrons. The number of carbonyl (C=O) groups is 2. The zero-order chi connectivity index (χ0) is 21.1. The molecule has 0 unspecified atom stereocenters. The molecule has 0 aliphatic carbocycles. The van der Waals surface area contributed by atoms with Gasteiger partial charge >= 0.3 is 6.03 Å². The quantitative estimate of drug-likeness (QED) is 0.459. The molecule has 0 N–H and O–H groups in total. The van der Waals surface area contributed by atoms with Gasteiger partial charge in [-0.05, 0) is 60.2 Å². The van der Waals surface area contributed by atoms with Crippen molar-refractivity contribution >= 4 is 29.4 Å². The summed E-state index contributed by atoms with van der Waals surface area (Å²) in [7, 11) is 3.14. The lowest BCUT2D eigenvalue weighted by Gasteiger charge is -2.18. The molecule has 1 heterocycles. The first-order valence-electron chi connectivity index (χ1n) is 9.36. The van der Waals surface area contributed by atoms with Gasteiger partial charge in [0.05, 0.1) is 25.6 Å². The van der Waals surface area contributed by atoms with Gasteiger partial charge in [-0.2, -0.15) is 0 Å². The number of urea groups is 1. The van der Waals surface area contributed by atoms with Gasteiger partial charge in [0.1, 0.15) is 17.2 Å². The van der Waals surface area contributed by atoms with Crippen LogP contribution in [-0.2, 0) is 4.79 Å². The highest BCUT2D eigenvalue weighted by Crippen LogP contribution is 2.34. The predicted molar refractivity (Wildman–Crippen MR) is 116 cm³/mol. The molecular weight excluding hydrogens is 380 g/mol. The molecule has 0 aromatic heterocycles. The lowest BCUT2D eigenvalue weighted by Crippen LogP contribution is -2.32. The van der Waals surface area contributed by atoms with Crippen LogP contribution in [0.2, 0.25) is 0 Å². The fourth-order valence-electron chi connectivity index (χ4n) is 3.27. The number of ether oxygens (including phenoxy) is 2. The Morgan fingerprint density at radius 3 is 1.67 bits per heavy atom. The lowest BCUT2D eigenvalue weighted by molar-refractivity contribution is -0.113. The van der Waals surface area contributed by atoms with Crippen molar-refractivity contribution in [2.24, 2.45) is 0 Å². The van der Waals surface area contributed by atoms with Crippen molar-refractivity contribution in [2.75, 3.05) is 24.0 Å². The first kappa shape index (κ1) is 19.3. The second-order valence-corrected chi connectivity index (χ2v) is 6.59. The van der Waals surface area contributed by atoms with E-state index in [9.17, 15) is 9.59 Å². The number of benzene rings is 3. The third-order valence-electron chi connectivity index (χ3n) is 4.81. The smallest absolute Gasteiger partial charge is 0.340 e. The molecule has 0 bridgehead atoms. The molecule has 0 radical (unpaired) electrons. The van der Waals surface area contributed by atoms with Crippen molar-refractivity contribution in [3.05, 3.63) is 90.1 Å². The summed E-state index contributed by atoms with van der Waals surface area (Å²) in [5.41, 5.74) is 2.14. The van der Waals surface area contributed by atoms with E-state index in [4.69, 9.17) is 9.47 Å². The van der Waals surface area contributed by atoms with Crippen LogP contribution in [-0.4, -0.2) is 26.2 Å². The average molecular weight is 400 g/mol. The number of anilines is 2. The van der Waals surface area contributed by atoms with E-state index in [0.717, 1.165) is 5.56 Å². The number of rotatable bonds is 5. The molecule has 3 aromatic rings. The van der Waals surface area contributed by atoms with Crippen LogP contribution >= 0.6 is 0 Å². The van der Waals surface area contributed by atoms with Crippen molar-refractivity contribution < 1.29 is 19.1 Å². The maximum atomic E-state index is 13.4. The van der Waals surface area contributed by atoms with Crippen LogP contribution in [0.15, 0.2) is 84.6 Å². The summed E-state index contributed by atoms with van der Waals surface area (Å²) >= 11 is 0. The van der Waals surface area contributed by atoms with E-state index in [1.54, 1.807) is 68.8 Å². The lowest BCUT2D eigenvalue weighted by atomic mass is 10.1. The van der Waals surface area contributed by atoms with Gasteiger partial charge in [0.25, 0.3) is 5.91 Å². The van der Waals surface area contributed by atoms with Crippen molar-refractivity contribution in [1.82, 2.24) is 0 Å². The van der Waals surface area contributed by atoms with Crippen molar-refractivity contribution in [2.45, 2.75) is 0 Å². The van der Waals surface area contributed by atoms with Crippen LogP contribution in [0.3, 0.4) is 0 Å². The van der Waals surface area contributed by atoms with Gasteiger partial charge in [-0.25, -0.2) is 9.69 Å². The zero-order valence-corrected chi connectivity index (χ0v) is 16.6. The number of hydrogen-bond acceptors (Lipinski definition) is 4. The molecule has 6 heteroatoms. The number of nitrogens with zero attached hydrogens (tertiary/aromatic N) is 2. The van der Waals surface area contributed by atoms with E-state index >= 15 is 0 Å². The Morgan fingerprint density at radius 2 is 1.17 bits per heavy atom. The van der Waals surface area contributed by atoms with Gasteiger partial charge in [-0.1, -0.05) is 30.3 Å². The van der Waals surface area contributed by atoms with Gasteiger partial charge in [0, 0.05) is 0 Å². The predicted octanol–water partition coefficient (Wildman–Crippen LogP) is 4.72. The first-order valence-corrected chi connectivity index (χ1v) is 9.36. The average Bonchev–Trinajstić information content (AvgIpc) is 3.04. The largest absolute Gasteiger partial charge is 0.497 e. The van der Waals surface area contributed by atoms with Crippen molar-refractivity contribution in [3.8, 4) is 11.5 Å². The standard InChI is InChI=1S/C24H20N2O4/c1-29-20-12-8-18(9-13-20)25-22(16-17-6-4-3-5-7-17)23(27)26(24(25)28)19-10-14-21(30-2)15-11-19/h3-16H,1-2H3/b22-16-. The van der Waals surface area contributed by atoms with E-state index in [1.165, 1.54) is 9.80 Å². The number of methoxy groups -OCH3 is 2. The van der Waals surface area contributed by atoms with Crippen LogP contribution < -0.4 is 19.3 Å². The third kappa shape index (κ3) is 3.51. The normalized spacial score (nSPS) is 15.1. The number of hydrogen-bond donors (Lipinski definition) is 0. The topological polar surface area (TPSA) is 59.1 Å². The minimum atomic E-state index is -0.447. The van der Waals surface area contributed by atoms with Gasteiger partial charge in [0.2, 0.25) is 0 Å². The summed E-state index contributed by atoms with van der Waals surface area (Å²) in [6, 6.07) is 22.8. The third-order valence-corrected chi connectivity index (χ3v) is 4.81. The fraction of sp³-hybridized carbons (Fsp3) is 0.0833. The highest BCUT2D eigenvalue weighted by atomic mass is 16.5. The zero-order valence-electron chi connectivity index (χ0n) is 16.6. The van der Waals surface area contributed by atoms with Gasteiger partial charge in [-0.15, -0.1) is 0 Å². The molecule has 0 atom stereocenters. The van der Waals surface area contributed by atoms with Crippen LogP contribution in [0, 0.1) is 0 Å². The van der Waals surface area contributed by atoms with Gasteiger partial charge in [0.15, 0.2) is 0 Å².